The van der Waals surface area contributed by atoms with E-state index in [9.17, 15) is 0 Å². The topological polar surface area (TPSA) is 39.6 Å². The van der Waals surface area contributed by atoms with Gasteiger partial charge in [0.05, 0.1) is 6.61 Å². The van der Waals surface area contributed by atoms with E-state index in [1.807, 2.05) is 12.1 Å². The van der Waals surface area contributed by atoms with E-state index >= 15 is 0 Å². The fourth-order valence-electron chi connectivity index (χ4n) is 2.20. The molecule has 1 saturated heterocycles. The molecule has 0 atom stereocenters. The molecule has 1 aliphatic rings. The zero-order valence-electron chi connectivity index (χ0n) is 10.6. The van der Waals surface area contributed by atoms with Crippen molar-refractivity contribution in [2.45, 2.75) is 26.5 Å². The highest BCUT2D eigenvalue weighted by molar-refractivity contribution is 5.41. The molecule has 1 aliphatic heterocycles. The minimum atomic E-state index is 0.0848. The van der Waals surface area contributed by atoms with Crippen LogP contribution in [0.3, 0.4) is 0 Å². The molecule has 1 fully saturated rings. The predicted octanol–water partition coefficient (Wildman–Crippen LogP) is 1.10. The van der Waals surface area contributed by atoms with Crippen LogP contribution in [0.15, 0.2) is 18.3 Å². The molecule has 1 aromatic heterocycles. The minimum absolute atomic E-state index is 0.0848. The van der Waals surface area contributed by atoms with Crippen LogP contribution in [-0.4, -0.2) is 47.2 Å². The predicted molar refractivity (Wildman–Crippen MR) is 69.1 cm³/mol. The Balaban J connectivity index is 2.00. The quantitative estimate of drug-likeness (QED) is 0.852. The largest absolute Gasteiger partial charge is 0.392 e. The second-order valence-corrected chi connectivity index (χ2v) is 4.80. The van der Waals surface area contributed by atoms with Crippen LogP contribution in [0.1, 0.15) is 19.4 Å². The van der Waals surface area contributed by atoms with Crippen molar-refractivity contribution in [3.05, 3.63) is 23.9 Å². The number of piperazine rings is 1. The first-order valence-electron chi connectivity index (χ1n) is 6.25. The van der Waals surface area contributed by atoms with Crippen molar-refractivity contribution in [2.24, 2.45) is 0 Å². The van der Waals surface area contributed by atoms with E-state index in [4.69, 9.17) is 5.11 Å². The highest BCUT2D eigenvalue weighted by Gasteiger charge is 2.19. The Hall–Kier alpha value is -1.13. The van der Waals surface area contributed by atoms with Crippen LogP contribution < -0.4 is 4.90 Å². The van der Waals surface area contributed by atoms with Gasteiger partial charge in [0, 0.05) is 38.4 Å². The van der Waals surface area contributed by atoms with Crippen molar-refractivity contribution >= 4 is 5.82 Å². The average Bonchev–Trinajstić information content (AvgIpc) is 2.39. The number of anilines is 1. The summed E-state index contributed by atoms with van der Waals surface area (Å²) in [5, 5.41) is 9.12. The smallest absolute Gasteiger partial charge is 0.128 e. The SMILES string of the molecule is CC(C)N1CCN(c2cc(CO)ccn2)CC1. The molecule has 2 heterocycles. The first-order valence-corrected chi connectivity index (χ1v) is 6.25. The van der Waals surface area contributed by atoms with Crippen molar-refractivity contribution in [1.29, 1.82) is 0 Å². The maximum atomic E-state index is 9.12. The fourth-order valence-corrected chi connectivity index (χ4v) is 2.20. The monoisotopic (exact) mass is 235 g/mol. The third-order valence-corrected chi connectivity index (χ3v) is 3.36. The summed E-state index contributed by atoms with van der Waals surface area (Å²) in [5.74, 6) is 0.986. The summed E-state index contributed by atoms with van der Waals surface area (Å²) in [7, 11) is 0. The van der Waals surface area contributed by atoms with Gasteiger partial charge in [0.15, 0.2) is 0 Å². The first kappa shape index (κ1) is 12.3. The summed E-state index contributed by atoms with van der Waals surface area (Å²) in [6, 6.07) is 4.45. The maximum absolute atomic E-state index is 9.12. The third-order valence-electron chi connectivity index (χ3n) is 3.36. The molecule has 2 rings (SSSR count). The van der Waals surface area contributed by atoms with Gasteiger partial charge in [-0.1, -0.05) is 0 Å². The highest BCUT2D eigenvalue weighted by atomic mass is 16.3. The first-order chi connectivity index (χ1) is 8.20. The molecular weight excluding hydrogens is 214 g/mol. The lowest BCUT2D eigenvalue weighted by atomic mass is 10.2. The van der Waals surface area contributed by atoms with Gasteiger partial charge in [-0.05, 0) is 31.5 Å². The number of nitrogens with zero attached hydrogens (tertiary/aromatic N) is 3. The summed E-state index contributed by atoms with van der Waals surface area (Å²) >= 11 is 0. The van der Waals surface area contributed by atoms with Gasteiger partial charge in [0.2, 0.25) is 0 Å². The van der Waals surface area contributed by atoms with E-state index < -0.39 is 0 Å². The molecule has 0 saturated carbocycles. The second-order valence-electron chi connectivity index (χ2n) is 4.80. The van der Waals surface area contributed by atoms with Crippen molar-refractivity contribution in [3.63, 3.8) is 0 Å². The lowest BCUT2D eigenvalue weighted by Gasteiger charge is -2.37. The summed E-state index contributed by atoms with van der Waals surface area (Å²) in [6.07, 6.45) is 1.77. The number of aliphatic hydroxyl groups is 1. The van der Waals surface area contributed by atoms with Crippen LogP contribution in [0.4, 0.5) is 5.82 Å². The minimum Gasteiger partial charge on any atom is -0.392 e. The lowest BCUT2D eigenvalue weighted by Crippen LogP contribution is -2.49. The van der Waals surface area contributed by atoms with Crippen LogP contribution in [0.2, 0.25) is 0 Å². The summed E-state index contributed by atoms with van der Waals surface area (Å²) in [5.41, 5.74) is 0.932. The molecule has 0 amide bonds. The normalized spacial score (nSPS) is 17.8. The van der Waals surface area contributed by atoms with E-state index in [0.29, 0.717) is 6.04 Å². The molecule has 0 bridgehead atoms. The molecule has 0 aromatic carbocycles. The zero-order chi connectivity index (χ0) is 12.3. The van der Waals surface area contributed by atoms with E-state index in [0.717, 1.165) is 37.6 Å². The molecule has 0 aliphatic carbocycles. The number of pyridine rings is 1. The molecule has 1 N–H and O–H groups in total. The van der Waals surface area contributed by atoms with Crippen LogP contribution in [0.25, 0.3) is 0 Å². The Morgan fingerprint density at radius 2 is 2.00 bits per heavy atom. The molecule has 94 valence electrons. The molecule has 1 aromatic rings. The second kappa shape index (κ2) is 5.47. The number of rotatable bonds is 3. The number of hydrogen-bond acceptors (Lipinski definition) is 4. The number of hydrogen-bond donors (Lipinski definition) is 1. The Morgan fingerprint density at radius 1 is 1.29 bits per heavy atom. The third kappa shape index (κ3) is 2.96. The van der Waals surface area contributed by atoms with Gasteiger partial charge in [-0.15, -0.1) is 0 Å². The maximum Gasteiger partial charge on any atom is 0.128 e. The zero-order valence-corrected chi connectivity index (χ0v) is 10.6. The molecule has 0 unspecified atom stereocenters. The van der Waals surface area contributed by atoms with Crippen LogP contribution in [0.5, 0.6) is 0 Å². The summed E-state index contributed by atoms with van der Waals surface area (Å²) < 4.78 is 0. The Kier molecular flexibility index (Phi) is 3.97. The Bertz CT molecular complexity index is 359. The Labute approximate surface area is 103 Å². The van der Waals surface area contributed by atoms with Gasteiger partial charge < -0.3 is 10.0 Å². The van der Waals surface area contributed by atoms with Gasteiger partial charge in [0.25, 0.3) is 0 Å². The fraction of sp³-hybridized carbons (Fsp3) is 0.615. The molecular formula is C13H21N3O. The van der Waals surface area contributed by atoms with E-state index in [-0.39, 0.29) is 6.61 Å². The summed E-state index contributed by atoms with van der Waals surface area (Å²) in [4.78, 5) is 9.15. The van der Waals surface area contributed by atoms with Crippen molar-refractivity contribution in [3.8, 4) is 0 Å². The lowest BCUT2D eigenvalue weighted by molar-refractivity contribution is 0.209. The van der Waals surface area contributed by atoms with E-state index in [2.05, 4.69) is 28.6 Å². The summed E-state index contributed by atoms with van der Waals surface area (Å²) in [6.45, 7) is 8.76. The van der Waals surface area contributed by atoms with Gasteiger partial charge in [-0.3, -0.25) is 4.90 Å². The molecule has 17 heavy (non-hydrogen) atoms. The van der Waals surface area contributed by atoms with E-state index in [1.54, 1.807) is 6.20 Å². The van der Waals surface area contributed by atoms with Gasteiger partial charge in [-0.25, -0.2) is 4.98 Å². The molecule has 0 radical (unpaired) electrons. The van der Waals surface area contributed by atoms with E-state index in [1.165, 1.54) is 0 Å². The van der Waals surface area contributed by atoms with Crippen molar-refractivity contribution < 1.29 is 5.11 Å². The van der Waals surface area contributed by atoms with Crippen molar-refractivity contribution in [2.75, 3.05) is 31.1 Å². The molecule has 0 spiro atoms. The standard InChI is InChI=1S/C13H21N3O/c1-11(2)15-5-7-16(8-6-15)13-9-12(10-17)3-4-14-13/h3-4,9,11,17H,5-8,10H2,1-2H3. The van der Waals surface area contributed by atoms with Crippen LogP contribution in [0, 0.1) is 0 Å². The molecule has 4 nitrogen and oxygen atoms in total. The molecule has 4 heteroatoms. The highest BCUT2D eigenvalue weighted by Crippen LogP contribution is 2.16. The van der Waals surface area contributed by atoms with Gasteiger partial charge >= 0.3 is 0 Å². The number of aromatic nitrogens is 1. The average molecular weight is 235 g/mol. The van der Waals surface area contributed by atoms with Crippen LogP contribution >= 0.6 is 0 Å². The van der Waals surface area contributed by atoms with Gasteiger partial charge in [-0.2, -0.15) is 0 Å². The van der Waals surface area contributed by atoms with Crippen LogP contribution in [-0.2, 0) is 6.61 Å². The Morgan fingerprint density at radius 3 is 2.59 bits per heavy atom. The van der Waals surface area contributed by atoms with Crippen molar-refractivity contribution in [1.82, 2.24) is 9.88 Å². The van der Waals surface area contributed by atoms with Gasteiger partial charge in [0.1, 0.15) is 5.82 Å². The number of aliphatic hydroxyl groups excluding tert-OH is 1.